The number of oxime groups is 1. The average Bonchev–Trinajstić information content (AvgIpc) is 2.81. The number of amidine groups is 1. The minimum atomic E-state index is -0.718. The third-order valence-electron chi connectivity index (χ3n) is 6.12. The Kier molecular flexibility index (Phi) is 8.81. The van der Waals surface area contributed by atoms with E-state index in [1.807, 2.05) is 32.1 Å². The summed E-state index contributed by atoms with van der Waals surface area (Å²) >= 11 is 4.49. The molecule has 2 unspecified atom stereocenters. The summed E-state index contributed by atoms with van der Waals surface area (Å²) in [6.45, 7) is 6.31. The minimum Gasteiger partial charge on any atom is -0.492 e. The molecule has 0 spiro atoms. The van der Waals surface area contributed by atoms with E-state index >= 15 is 0 Å². The summed E-state index contributed by atoms with van der Waals surface area (Å²) in [5.74, 6) is 0.837. The van der Waals surface area contributed by atoms with Crippen LogP contribution < -0.4 is 10.5 Å². The Morgan fingerprint density at radius 2 is 2.09 bits per heavy atom. The van der Waals surface area contributed by atoms with Crippen LogP contribution >= 0.6 is 12.6 Å². The quantitative estimate of drug-likeness (QED) is 0.169. The molecular weight excluding hydrogens is 428 g/mol. The van der Waals surface area contributed by atoms with Crippen molar-refractivity contribution in [2.24, 2.45) is 28.6 Å². The number of rotatable bonds is 9. The van der Waals surface area contributed by atoms with Crippen LogP contribution in [0.4, 0.5) is 0 Å². The van der Waals surface area contributed by atoms with Crippen LogP contribution in [0.2, 0.25) is 0 Å². The van der Waals surface area contributed by atoms with E-state index in [4.69, 9.17) is 20.4 Å². The van der Waals surface area contributed by atoms with E-state index in [9.17, 15) is 4.79 Å². The fourth-order valence-electron chi connectivity index (χ4n) is 3.78. The number of carboxylic acids is 1. The lowest BCUT2D eigenvalue weighted by Crippen LogP contribution is -2.41. The predicted octanol–water partition coefficient (Wildman–Crippen LogP) is 3.60. The molecule has 1 fully saturated rings. The summed E-state index contributed by atoms with van der Waals surface area (Å²) in [6, 6.07) is 3.90. The van der Waals surface area contributed by atoms with Crippen LogP contribution in [0.25, 0.3) is 5.57 Å². The zero-order valence-corrected chi connectivity index (χ0v) is 19.7. The van der Waals surface area contributed by atoms with Crippen LogP contribution in [-0.2, 0) is 9.63 Å². The molecule has 0 amide bonds. The number of thiol groups is 1. The molecule has 1 aliphatic heterocycles. The van der Waals surface area contributed by atoms with Gasteiger partial charge in [-0.05, 0) is 55.7 Å². The van der Waals surface area contributed by atoms with Crippen molar-refractivity contribution in [2.75, 3.05) is 19.7 Å². The molecule has 3 rings (SSSR count). The van der Waals surface area contributed by atoms with Gasteiger partial charge in [-0.15, -0.1) is 12.6 Å². The van der Waals surface area contributed by atoms with Crippen LogP contribution in [0, 0.1) is 17.8 Å². The second-order valence-electron chi connectivity index (χ2n) is 8.81. The monoisotopic (exact) mass is 462 g/mol. The maximum Gasteiger partial charge on any atom is 0.306 e. The van der Waals surface area contributed by atoms with Crippen LogP contribution in [0.5, 0.6) is 5.75 Å². The van der Waals surface area contributed by atoms with Gasteiger partial charge in [0.15, 0.2) is 0 Å². The van der Waals surface area contributed by atoms with Crippen molar-refractivity contribution in [2.45, 2.75) is 51.5 Å². The van der Waals surface area contributed by atoms with Crippen molar-refractivity contribution < 1.29 is 19.5 Å². The molecule has 3 N–H and O–H groups in total. The number of aliphatic carboxylic acids is 1. The summed E-state index contributed by atoms with van der Waals surface area (Å²) < 4.78 is 5.97. The van der Waals surface area contributed by atoms with Crippen molar-refractivity contribution in [3.05, 3.63) is 30.1 Å². The topological polar surface area (TPSA) is 110 Å². The van der Waals surface area contributed by atoms with Gasteiger partial charge in [0.25, 0.3) is 0 Å². The first-order valence-electron chi connectivity index (χ1n) is 11.3. The molecule has 176 valence electrons. The Labute approximate surface area is 195 Å². The summed E-state index contributed by atoms with van der Waals surface area (Å²) in [5, 5.41) is 13.1. The lowest BCUT2D eigenvalue weighted by molar-refractivity contribution is -0.141. The van der Waals surface area contributed by atoms with Crippen molar-refractivity contribution in [3.8, 4) is 5.75 Å². The standard InChI is InChI=1S/C23H34N4O4S/c1-15(2)21(24)26-31-23(32)27-11-9-16(10-12-27)14-30-19-7-8-20(25-13-19)17-3-5-18(6-4-17)22(28)29/h3,7-8,13,15-16,18,23,32H,4-6,9-12,14H2,1-2H3,(H2,24,26)(H,28,29). The number of pyridine rings is 1. The number of aromatic nitrogens is 1. The fourth-order valence-corrected chi connectivity index (χ4v) is 4.06. The summed E-state index contributed by atoms with van der Waals surface area (Å²) in [5.41, 5.74) is 7.42. The Hall–Kier alpha value is -2.26. The molecule has 32 heavy (non-hydrogen) atoms. The van der Waals surface area contributed by atoms with Gasteiger partial charge in [-0.25, -0.2) is 0 Å². The number of carboxylic acid groups (broad SMARTS) is 1. The molecular formula is C23H34N4O4S. The van der Waals surface area contributed by atoms with E-state index in [2.05, 4.69) is 27.7 Å². The SMILES string of the molecule is CC(C)C(N)=NOC(S)N1CCC(COc2ccc(C3=CCC(C(=O)O)CC3)nc2)CC1. The van der Waals surface area contributed by atoms with Gasteiger partial charge in [0.2, 0.25) is 5.56 Å². The first-order chi connectivity index (χ1) is 15.3. The number of hydrogen-bond acceptors (Lipinski definition) is 7. The fraction of sp³-hybridized carbons (Fsp3) is 0.609. The van der Waals surface area contributed by atoms with Gasteiger partial charge < -0.3 is 20.4 Å². The number of ether oxygens (including phenoxy) is 1. The van der Waals surface area contributed by atoms with Crippen molar-refractivity contribution in [1.82, 2.24) is 9.88 Å². The van der Waals surface area contributed by atoms with E-state index < -0.39 is 11.5 Å². The Morgan fingerprint density at radius 3 is 2.66 bits per heavy atom. The maximum atomic E-state index is 11.1. The third-order valence-corrected chi connectivity index (χ3v) is 6.54. The number of likely N-dealkylation sites (tertiary alicyclic amines) is 1. The molecule has 0 bridgehead atoms. The zero-order chi connectivity index (χ0) is 23.1. The van der Waals surface area contributed by atoms with E-state index in [1.165, 1.54) is 0 Å². The minimum absolute atomic E-state index is 0.144. The molecule has 1 aromatic rings. The molecule has 8 nitrogen and oxygen atoms in total. The lowest BCUT2D eigenvalue weighted by atomic mass is 9.88. The van der Waals surface area contributed by atoms with Gasteiger partial charge in [0, 0.05) is 19.0 Å². The van der Waals surface area contributed by atoms with Crippen LogP contribution in [0.1, 0.15) is 51.6 Å². The highest BCUT2D eigenvalue weighted by Gasteiger charge is 2.25. The largest absolute Gasteiger partial charge is 0.492 e. The Morgan fingerprint density at radius 1 is 1.34 bits per heavy atom. The molecule has 0 aromatic carbocycles. The van der Waals surface area contributed by atoms with E-state index in [0.29, 0.717) is 31.2 Å². The molecule has 1 aromatic heterocycles. The lowest BCUT2D eigenvalue weighted by Gasteiger charge is -2.33. The molecule has 2 heterocycles. The molecule has 1 saturated heterocycles. The summed E-state index contributed by atoms with van der Waals surface area (Å²) in [4.78, 5) is 23.2. The van der Waals surface area contributed by atoms with Crippen LogP contribution in [0.3, 0.4) is 0 Å². The molecule has 1 aliphatic carbocycles. The average molecular weight is 463 g/mol. The van der Waals surface area contributed by atoms with E-state index in [0.717, 1.165) is 49.4 Å². The highest BCUT2D eigenvalue weighted by atomic mass is 32.1. The first kappa shape index (κ1) is 24.4. The second-order valence-corrected chi connectivity index (χ2v) is 9.25. The number of piperidine rings is 1. The Bertz CT molecular complexity index is 820. The van der Waals surface area contributed by atoms with Crippen LogP contribution in [0.15, 0.2) is 29.6 Å². The van der Waals surface area contributed by atoms with Crippen molar-refractivity contribution in [1.29, 1.82) is 0 Å². The third kappa shape index (κ3) is 6.87. The highest BCUT2D eigenvalue weighted by molar-refractivity contribution is 7.80. The first-order valence-corrected chi connectivity index (χ1v) is 11.8. The van der Waals surface area contributed by atoms with Gasteiger partial charge in [-0.3, -0.25) is 14.7 Å². The normalized spacial score (nSPS) is 21.8. The maximum absolute atomic E-state index is 11.1. The second kappa shape index (κ2) is 11.6. The van der Waals surface area contributed by atoms with Crippen molar-refractivity contribution >= 4 is 30.0 Å². The van der Waals surface area contributed by atoms with Crippen molar-refractivity contribution in [3.63, 3.8) is 0 Å². The molecule has 9 heteroatoms. The van der Waals surface area contributed by atoms with Gasteiger partial charge in [0.05, 0.1) is 24.4 Å². The highest BCUT2D eigenvalue weighted by Crippen LogP contribution is 2.30. The van der Waals surface area contributed by atoms with E-state index in [1.54, 1.807) is 6.20 Å². The number of carbonyl (C=O) groups is 1. The summed E-state index contributed by atoms with van der Waals surface area (Å²) in [7, 11) is 0. The molecule has 0 radical (unpaired) electrons. The summed E-state index contributed by atoms with van der Waals surface area (Å²) in [6.07, 6.45) is 7.71. The predicted molar refractivity (Wildman–Crippen MR) is 127 cm³/mol. The molecule has 2 atom stereocenters. The van der Waals surface area contributed by atoms with E-state index in [-0.39, 0.29) is 11.8 Å². The van der Waals surface area contributed by atoms with Gasteiger partial charge in [-0.2, -0.15) is 0 Å². The van der Waals surface area contributed by atoms with Crippen LogP contribution in [-0.4, -0.2) is 52.1 Å². The van der Waals surface area contributed by atoms with Gasteiger partial charge >= 0.3 is 5.97 Å². The molecule has 2 aliphatic rings. The number of allylic oxidation sites excluding steroid dienone is 2. The number of hydrogen-bond donors (Lipinski definition) is 3. The smallest absolute Gasteiger partial charge is 0.306 e. The van der Waals surface area contributed by atoms with Gasteiger partial charge in [-0.1, -0.05) is 25.1 Å². The zero-order valence-electron chi connectivity index (χ0n) is 18.8. The molecule has 0 saturated carbocycles. The number of nitrogens with two attached hydrogens (primary N) is 1. The Balaban J connectivity index is 1.40. The number of nitrogens with zero attached hydrogens (tertiary/aromatic N) is 3. The van der Waals surface area contributed by atoms with Gasteiger partial charge in [0.1, 0.15) is 11.6 Å².